The van der Waals surface area contributed by atoms with Crippen LogP contribution in [0.3, 0.4) is 0 Å². The second-order valence-corrected chi connectivity index (χ2v) is 3.72. The van der Waals surface area contributed by atoms with Crippen molar-refractivity contribution in [2.75, 3.05) is 5.73 Å². The van der Waals surface area contributed by atoms with Gasteiger partial charge in [-0.3, -0.25) is 0 Å². The Labute approximate surface area is 94.8 Å². The first-order valence-corrected chi connectivity index (χ1v) is 4.66. The molecule has 0 unspecified atom stereocenters. The second kappa shape index (κ2) is 4.48. The van der Waals surface area contributed by atoms with Gasteiger partial charge in [0.15, 0.2) is 6.10 Å². The molecule has 0 bridgehead atoms. The molecule has 5 N–H and O–H groups in total. The number of benzene rings is 1. The van der Waals surface area contributed by atoms with Crippen molar-refractivity contribution in [3.63, 3.8) is 0 Å². The van der Waals surface area contributed by atoms with Crippen LogP contribution in [0.15, 0.2) is 18.2 Å². The van der Waals surface area contributed by atoms with E-state index in [-0.39, 0.29) is 16.3 Å². The minimum atomic E-state index is -4.80. The first-order chi connectivity index (χ1) is 7.23. The van der Waals surface area contributed by atoms with Crippen molar-refractivity contribution in [2.24, 2.45) is 5.73 Å². The quantitative estimate of drug-likeness (QED) is 0.705. The Morgan fingerprint density at radius 1 is 1.31 bits per heavy atom. The molecule has 0 amide bonds. The predicted octanol–water partition coefficient (Wildman–Crippen LogP) is 1.85. The van der Waals surface area contributed by atoms with Crippen molar-refractivity contribution in [3.05, 3.63) is 28.8 Å². The highest BCUT2D eigenvalue weighted by Crippen LogP contribution is 2.32. The Morgan fingerprint density at radius 3 is 2.38 bits per heavy atom. The lowest BCUT2D eigenvalue weighted by molar-refractivity contribution is -0.210. The predicted molar refractivity (Wildman–Crippen MR) is 54.9 cm³/mol. The van der Waals surface area contributed by atoms with Gasteiger partial charge in [0, 0.05) is 10.7 Å². The molecule has 0 saturated carbocycles. The molecule has 0 aliphatic heterocycles. The Bertz CT molecular complexity index is 384. The van der Waals surface area contributed by atoms with Crippen LogP contribution in [0.1, 0.15) is 11.6 Å². The number of nitrogens with two attached hydrogens (primary N) is 2. The summed E-state index contributed by atoms with van der Waals surface area (Å²) in [5, 5.41) is 9.18. The van der Waals surface area contributed by atoms with Crippen LogP contribution in [0.4, 0.5) is 18.9 Å². The normalized spacial score (nSPS) is 15.9. The lowest BCUT2D eigenvalue weighted by Gasteiger charge is -2.22. The molecule has 0 spiro atoms. The van der Waals surface area contributed by atoms with E-state index >= 15 is 0 Å². The van der Waals surface area contributed by atoms with Crippen molar-refractivity contribution in [3.8, 4) is 0 Å². The van der Waals surface area contributed by atoms with Gasteiger partial charge in [-0.05, 0) is 23.8 Å². The Kier molecular flexibility index (Phi) is 3.67. The van der Waals surface area contributed by atoms with Crippen LogP contribution in [0.5, 0.6) is 0 Å². The number of rotatable bonds is 2. The van der Waals surface area contributed by atoms with Gasteiger partial charge in [-0.15, -0.1) is 0 Å². The summed E-state index contributed by atoms with van der Waals surface area (Å²) in [5.41, 5.74) is 10.8. The zero-order valence-corrected chi connectivity index (χ0v) is 8.76. The zero-order chi connectivity index (χ0) is 12.5. The SMILES string of the molecule is Nc1ccc(Cl)cc1[C@@H](N)[C@@H](O)C(F)(F)F. The van der Waals surface area contributed by atoms with Crippen molar-refractivity contribution < 1.29 is 18.3 Å². The lowest BCUT2D eigenvalue weighted by atomic mass is 10.0. The van der Waals surface area contributed by atoms with Crippen LogP contribution >= 0.6 is 11.6 Å². The van der Waals surface area contributed by atoms with E-state index in [0.717, 1.165) is 0 Å². The van der Waals surface area contributed by atoms with Gasteiger partial charge < -0.3 is 16.6 Å². The average Bonchev–Trinajstić information content (AvgIpc) is 2.18. The highest BCUT2D eigenvalue weighted by atomic mass is 35.5. The van der Waals surface area contributed by atoms with Crippen molar-refractivity contribution in [2.45, 2.75) is 18.3 Å². The minimum Gasteiger partial charge on any atom is -0.398 e. The highest BCUT2D eigenvalue weighted by molar-refractivity contribution is 6.30. The molecule has 90 valence electrons. The Hall–Kier alpha value is -0.980. The maximum atomic E-state index is 12.2. The molecule has 1 rings (SSSR count). The Balaban J connectivity index is 3.05. The smallest absolute Gasteiger partial charge is 0.398 e. The molecule has 3 nitrogen and oxygen atoms in total. The molecule has 0 fully saturated rings. The summed E-state index contributed by atoms with van der Waals surface area (Å²) < 4.78 is 36.6. The fraction of sp³-hybridized carbons (Fsp3) is 0.333. The monoisotopic (exact) mass is 254 g/mol. The molecule has 0 aliphatic carbocycles. The first kappa shape index (κ1) is 13.1. The molecule has 0 radical (unpaired) electrons. The number of halogens is 4. The van der Waals surface area contributed by atoms with E-state index in [0.29, 0.717) is 0 Å². The number of aliphatic hydroxyl groups is 1. The molecule has 16 heavy (non-hydrogen) atoms. The van der Waals surface area contributed by atoms with Gasteiger partial charge >= 0.3 is 6.18 Å². The van der Waals surface area contributed by atoms with Crippen LogP contribution < -0.4 is 11.5 Å². The molecule has 0 saturated heterocycles. The Morgan fingerprint density at radius 2 is 1.88 bits per heavy atom. The maximum Gasteiger partial charge on any atom is 0.416 e. The summed E-state index contributed by atoms with van der Waals surface area (Å²) in [7, 11) is 0. The third-order valence-electron chi connectivity index (χ3n) is 2.08. The first-order valence-electron chi connectivity index (χ1n) is 4.28. The van der Waals surface area contributed by atoms with E-state index in [1.54, 1.807) is 0 Å². The number of aliphatic hydroxyl groups excluding tert-OH is 1. The minimum absolute atomic E-state index is 0.0303. The van der Waals surface area contributed by atoms with E-state index in [1.807, 2.05) is 0 Å². The summed E-state index contributed by atoms with van der Waals surface area (Å²) in [5.74, 6) is 0. The van der Waals surface area contributed by atoms with Gasteiger partial charge in [-0.1, -0.05) is 11.6 Å². The van der Waals surface area contributed by atoms with Crippen molar-refractivity contribution >= 4 is 17.3 Å². The standard InChI is InChI=1S/C9H10ClF3N2O/c10-4-1-2-6(14)5(3-4)7(15)8(16)9(11,12)13/h1-3,7-8,16H,14-15H2/t7-,8-/m1/s1. The summed E-state index contributed by atoms with van der Waals surface area (Å²) in [6, 6.07) is 2.31. The second-order valence-electron chi connectivity index (χ2n) is 3.29. The molecule has 0 heterocycles. The van der Waals surface area contributed by atoms with Gasteiger partial charge in [-0.2, -0.15) is 13.2 Å². The van der Waals surface area contributed by atoms with Crippen molar-refractivity contribution in [1.29, 1.82) is 0 Å². The van der Waals surface area contributed by atoms with Crippen molar-refractivity contribution in [1.82, 2.24) is 0 Å². The lowest BCUT2D eigenvalue weighted by Crippen LogP contribution is -2.39. The maximum absolute atomic E-state index is 12.2. The van der Waals surface area contributed by atoms with Gasteiger partial charge in [0.05, 0.1) is 6.04 Å². The third kappa shape index (κ3) is 2.78. The molecular formula is C9H10ClF3N2O. The van der Waals surface area contributed by atoms with Crippen LogP contribution in [0, 0.1) is 0 Å². The fourth-order valence-electron chi connectivity index (χ4n) is 1.21. The fourth-order valence-corrected chi connectivity index (χ4v) is 1.39. The highest BCUT2D eigenvalue weighted by Gasteiger charge is 2.43. The summed E-state index contributed by atoms with van der Waals surface area (Å²) in [6.45, 7) is 0. The molecule has 1 aromatic carbocycles. The average molecular weight is 255 g/mol. The largest absolute Gasteiger partial charge is 0.416 e. The molecule has 0 aromatic heterocycles. The van der Waals surface area contributed by atoms with E-state index in [4.69, 9.17) is 28.2 Å². The molecular weight excluding hydrogens is 245 g/mol. The van der Waals surface area contributed by atoms with Crippen LogP contribution in [-0.2, 0) is 0 Å². The molecule has 0 aliphatic rings. The summed E-state index contributed by atoms with van der Waals surface area (Å²) >= 11 is 5.61. The van der Waals surface area contributed by atoms with E-state index < -0.39 is 18.3 Å². The van der Waals surface area contributed by atoms with Gasteiger partial charge in [0.1, 0.15) is 0 Å². The number of alkyl halides is 3. The number of anilines is 1. The van der Waals surface area contributed by atoms with Gasteiger partial charge in [0.25, 0.3) is 0 Å². The number of nitrogen functional groups attached to an aromatic ring is 1. The van der Waals surface area contributed by atoms with Crippen LogP contribution in [-0.4, -0.2) is 17.4 Å². The topological polar surface area (TPSA) is 72.3 Å². The zero-order valence-electron chi connectivity index (χ0n) is 8.00. The number of hydrogen-bond acceptors (Lipinski definition) is 3. The van der Waals surface area contributed by atoms with E-state index in [9.17, 15) is 13.2 Å². The number of hydrogen-bond donors (Lipinski definition) is 3. The van der Waals surface area contributed by atoms with E-state index in [1.165, 1.54) is 18.2 Å². The van der Waals surface area contributed by atoms with Crippen LogP contribution in [0.2, 0.25) is 5.02 Å². The third-order valence-corrected chi connectivity index (χ3v) is 2.32. The van der Waals surface area contributed by atoms with E-state index in [2.05, 4.69) is 0 Å². The molecule has 2 atom stereocenters. The van der Waals surface area contributed by atoms with Gasteiger partial charge in [-0.25, -0.2) is 0 Å². The van der Waals surface area contributed by atoms with Crippen LogP contribution in [0.25, 0.3) is 0 Å². The summed E-state index contributed by atoms with van der Waals surface area (Å²) in [6.07, 6.45) is -7.47. The molecule has 1 aromatic rings. The van der Waals surface area contributed by atoms with Gasteiger partial charge in [0.2, 0.25) is 0 Å². The summed E-state index contributed by atoms with van der Waals surface area (Å²) in [4.78, 5) is 0. The molecule has 7 heteroatoms.